The van der Waals surface area contributed by atoms with Crippen LogP contribution in [0.25, 0.3) is 11.0 Å². The smallest absolute Gasteiger partial charge is 0.258 e. The molecular formula is C21H25N5O3. The Morgan fingerprint density at radius 3 is 2.83 bits per heavy atom. The van der Waals surface area contributed by atoms with Crippen molar-refractivity contribution in [3.05, 3.63) is 41.2 Å². The van der Waals surface area contributed by atoms with Crippen LogP contribution in [-0.4, -0.2) is 45.9 Å². The third-order valence-electron chi connectivity index (χ3n) is 5.05. The SMILES string of the molecule is COc1ccc(CCNC(=O)COc2cc(C)c3c(C4CC4)nn(C)c3n2)cn1. The summed E-state index contributed by atoms with van der Waals surface area (Å²) in [6.07, 6.45) is 4.81. The van der Waals surface area contributed by atoms with Crippen molar-refractivity contribution in [2.75, 3.05) is 20.3 Å². The van der Waals surface area contributed by atoms with E-state index in [1.54, 1.807) is 24.1 Å². The number of carbonyl (C=O) groups excluding carboxylic acids is 1. The van der Waals surface area contributed by atoms with Crippen LogP contribution in [0.2, 0.25) is 0 Å². The molecule has 3 aromatic rings. The number of nitrogens with one attached hydrogen (secondary N) is 1. The quantitative estimate of drug-likeness (QED) is 0.629. The van der Waals surface area contributed by atoms with E-state index in [2.05, 4.69) is 20.4 Å². The first-order valence-electron chi connectivity index (χ1n) is 9.78. The average Bonchev–Trinajstić information content (AvgIpc) is 3.51. The van der Waals surface area contributed by atoms with Crippen molar-refractivity contribution in [2.45, 2.75) is 32.1 Å². The molecule has 0 atom stereocenters. The number of hydrogen-bond donors (Lipinski definition) is 1. The minimum atomic E-state index is -0.185. The second-order valence-electron chi connectivity index (χ2n) is 7.36. The van der Waals surface area contributed by atoms with Crippen LogP contribution in [0.3, 0.4) is 0 Å². The molecule has 0 radical (unpaired) electrons. The molecule has 29 heavy (non-hydrogen) atoms. The van der Waals surface area contributed by atoms with Crippen LogP contribution in [0.4, 0.5) is 0 Å². The van der Waals surface area contributed by atoms with E-state index in [-0.39, 0.29) is 12.5 Å². The van der Waals surface area contributed by atoms with Crippen LogP contribution < -0.4 is 14.8 Å². The summed E-state index contributed by atoms with van der Waals surface area (Å²) < 4.78 is 12.5. The molecule has 1 aliphatic carbocycles. The summed E-state index contributed by atoms with van der Waals surface area (Å²) in [6, 6.07) is 5.61. The Kier molecular flexibility index (Phi) is 5.33. The van der Waals surface area contributed by atoms with Crippen LogP contribution in [-0.2, 0) is 18.3 Å². The lowest BCUT2D eigenvalue weighted by atomic mass is 10.1. The molecular weight excluding hydrogens is 370 g/mol. The normalized spacial score (nSPS) is 13.5. The topological polar surface area (TPSA) is 91.2 Å². The largest absolute Gasteiger partial charge is 0.481 e. The molecule has 0 spiro atoms. The summed E-state index contributed by atoms with van der Waals surface area (Å²) in [5.41, 5.74) is 4.03. The second kappa shape index (κ2) is 8.06. The molecule has 8 heteroatoms. The van der Waals surface area contributed by atoms with Gasteiger partial charge < -0.3 is 14.8 Å². The van der Waals surface area contributed by atoms with Crippen molar-refractivity contribution in [1.29, 1.82) is 0 Å². The number of rotatable bonds is 8. The molecule has 3 aromatic heterocycles. The van der Waals surface area contributed by atoms with E-state index in [9.17, 15) is 4.79 Å². The van der Waals surface area contributed by atoms with Gasteiger partial charge in [-0.2, -0.15) is 10.1 Å². The second-order valence-corrected chi connectivity index (χ2v) is 7.36. The number of pyridine rings is 2. The highest BCUT2D eigenvalue weighted by Crippen LogP contribution is 2.43. The first kappa shape index (κ1) is 19.2. The standard InChI is InChI=1S/C21H25N5O3/c1-13-10-18(24-21-19(13)20(15-5-6-15)25-26(21)2)29-12-16(27)22-9-8-14-4-7-17(28-3)23-11-14/h4,7,10-11,15H,5-6,8-9,12H2,1-3H3,(H,22,27). The van der Waals surface area contributed by atoms with Gasteiger partial charge in [-0.25, -0.2) is 4.98 Å². The van der Waals surface area contributed by atoms with Crippen LogP contribution in [0.15, 0.2) is 24.4 Å². The number of hydrogen-bond acceptors (Lipinski definition) is 6. The molecule has 1 saturated carbocycles. The molecule has 4 rings (SSSR count). The fraction of sp³-hybridized carbons (Fsp3) is 0.429. The third kappa shape index (κ3) is 4.31. The fourth-order valence-corrected chi connectivity index (χ4v) is 3.37. The van der Waals surface area contributed by atoms with Crippen molar-refractivity contribution in [3.63, 3.8) is 0 Å². The highest BCUT2D eigenvalue weighted by atomic mass is 16.5. The highest BCUT2D eigenvalue weighted by Gasteiger charge is 2.30. The number of aryl methyl sites for hydroxylation is 2. The van der Waals surface area contributed by atoms with Gasteiger partial charge in [0.15, 0.2) is 12.3 Å². The monoisotopic (exact) mass is 395 g/mol. The van der Waals surface area contributed by atoms with Crippen LogP contribution >= 0.6 is 0 Å². The molecule has 1 aliphatic rings. The van der Waals surface area contributed by atoms with E-state index in [4.69, 9.17) is 9.47 Å². The van der Waals surface area contributed by atoms with Gasteiger partial charge >= 0.3 is 0 Å². The molecule has 3 heterocycles. The van der Waals surface area contributed by atoms with E-state index >= 15 is 0 Å². The Morgan fingerprint density at radius 2 is 2.14 bits per heavy atom. The van der Waals surface area contributed by atoms with Gasteiger partial charge in [0.2, 0.25) is 11.8 Å². The highest BCUT2D eigenvalue weighted by molar-refractivity contribution is 5.84. The van der Waals surface area contributed by atoms with Gasteiger partial charge in [0, 0.05) is 43.2 Å². The Balaban J connectivity index is 1.31. The number of fused-ring (bicyclic) bond motifs is 1. The average molecular weight is 395 g/mol. The van der Waals surface area contributed by atoms with Crippen LogP contribution in [0, 0.1) is 6.92 Å². The number of nitrogens with zero attached hydrogens (tertiary/aromatic N) is 4. The summed E-state index contributed by atoms with van der Waals surface area (Å²) in [4.78, 5) is 20.8. The summed E-state index contributed by atoms with van der Waals surface area (Å²) in [7, 11) is 3.47. The van der Waals surface area contributed by atoms with E-state index in [1.165, 1.54) is 12.8 Å². The minimum Gasteiger partial charge on any atom is -0.481 e. The number of ether oxygens (including phenoxy) is 2. The first-order chi connectivity index (χ1) is 14.0. The van der Waals surface area contributed by atoms with E-state index in [0.717, 1.165) is 27.9 Å². The van der Waals surface area contributed by atoms with Crippen molar-refractivity contribution in [2.24, 2.45) is 7.05 Å². The van der Waals surface area contributed by atoms with Gasteiger partial charge in [-0.15, -0.1) is 0 Å². The molecule has 152 valence electrons. The van der Waals surface area contributed by atoms with Gasteiger partial charge in [-0.05, 0) is 37.3 Å². The zero-order valence-corrected chi connectivity index (χ0v) is 16.9. The zero-order chi connectivity index (χ0) is 20.4. The fourth-order valence-electron chi connectivity index (χ4n) is 3.37. The molecule has 0 saturated heterocycles. The Labute approximate surface area is 169 Å². The molecule has 0 aromatic carbocycles. The van der Waals surface area contributed by atoms with Crippen LogP contribution in [0.5, 0.6) is 11.8 Å². The van der Waals surface area contributed by atoms with Crippen molar-refractivity contribution in [1.82, 2.24) is 25.1 Å². The Bertz CT molecular complexity index is 1020. The summed E-state index contributed by atoms with van der Waals surface area (Å²) in [5.74, 6) is 1.38. The lowest BCUT2D eigenvalue weighted by Crippen LogP contribution is -2.30. The van der Waals surface area contributed by atoms with Gasteiger partial charge in [0.1, 0.15) is 0 Å². The van der Waals surface area contributed by atoms with Gasteiger partial charge in [-0.3, -0.25) is 9.48 Å². The summed E-state index contributed by atoms with van der Waals surface area (Å²) in [6.45, 7) is 2.47. The van der Waals surface area contributed by atoms with Crippen molar-refractivity contribution >= 4 is 16.9 Å². The van der Waals surface area contributed by atoms with Crippen LogP contribution in [0.1, 0.15) is 35.6 Å². The maximum absolute atomic E-state index is 12.1. The molecule has 0 unspecified atom stereocenters. The molecule has 0 bridgehead atoms. The van der Waals surface area contributed by atoms with E-state index in [1.807, 2.05) is 26.1 Å². The minimum absolute atomic E-state index is 0.0772. The summed E-state index contributed by atoms with van der Waals surface area (Å²) >= 11 is 0. The molecule has 8 nitrogen and oxygen atoms in total. The molecule has 1 amide bonds. The number of carbonyl (C=O) groups is 1. The number of amides is 1. The Hall–Kier alpha value is -3.16. The summed E-state index contributed by atoms with van der Waals surface area (Å²) in [5, 5.41) is 8.60. The molecule has 1 N–H and O–H groups in total. The maximum Gasteiger partial charge on any atom is 0.258 e. The van der Waals surface area contributed by atoms with E-state index < -0.39 is 0 Å². The maximum atomic E-state index is 12.1. The van der Waals surface area contributed by atoms with Crippen molar-refractivity contribution < 1.29 is 14.3 Å². The third-order valence-corrected chi connectivity index (χ3v) is 5.05. The molecule has 0 aliphatic heterocycles. The van der Waals surface area contributed by atoms with Crippen molar-refractivity contribution in [3.8, 4) is 11.8 Å². The molecule has 1 fully saturated rings. The lowest BCUT2D eigenvalue weighted by molar-refractivity contribution is -0.123. The predicted octanol–water partition coefficient (Wildman–Crippen LogP) is 2.30. The van der Waals surface area contributed by atoms with Gasteiger partial charge in [-0.1, -0.05) is 6.07 Å². The van der Waals surface area contributed by atoms with Gasteiger partial charge in [0.25, 0.3) is 5.91 Å². The number of methoxy groups -OCH3 is 1. The lowest BCUT2D eigenvalue weighted by Gasteiger charge is -2.09. The number of aromatic nitrogens is 4. The first-order valence-corrected chi connectivity index (χ1v) is 9.78. The zero-order valence-electron chi connectivity index (χ0n) is 16.9. The Morgan fingerprint density at radius 1 is 1.31 bits per heavy atom. The van der Waals surface area contributed by atoms with E-state index in [0.29, 0.717) is 30.6 Å². The van der Waals surface area contributed by atoms with Gasteiger partial charge in [0.05, 0.1) is 12.8 Å². The predicted molar refractivity (Wildman–Crippen MR) is 108 cm³/mol.